The highest BCUT2D eigenvalue weighted by Crippen LogP contribution is 2.25. The van der Waals surface area contributed by atoms with Crippen molar-refractivity contribution in [2.45, 2.75) is 0 Å². The lowest BCUT2D eigenvalue weighted by Gasteiger charge is -2.07. The van der Waals surface area contributed by atoms with Gasteiger partial charge in [-0.05, 0) is 18.2 Å². The molecule has 16 heavy (non-hydrogen) atoms. The summed E-state index contributed by atoms with van der Waals surface area (Å²) in [5, 5.41) is 9.04. The zero-order valence-electron chi connectivity index (χ0n) is 8.49. The number of benzene rings is 1. The number of carbonyl (C=O) groups is 2. The van der Waals surface area contributed by atoms with Crippen molar-refractivity contribution < 1.29 is 19.4 Å². The van der Waals surface area contributed by atoms with Crippen molar-refractivity contribution in [2.75, 3.05) is 7.11 Å². The molecule has 0 aliphatic rings. The Balaban J connectivity index is 3.18. The van der Waals surface area contributed by atoms with Crippen LogP contribution in [0.25, 0.3) is 0 Å². The number of aliphatic carboxylic acids is 1. The maximum absolute atomic E-state index is 11.7. The molecule has 0 radical (unpaired) electrons. The number of Topliss-reactive ketones (excluding diaryl/α,β-unsaturated/α-hetero) is 1. The molecule has 0 aliphatic carbocycles. The molecule has 0 aliphatic heterocycles. The Hall–Kier alpha value is -1.81. The summed E-state index contributed by atoms with van der Waals surface area (Å²) in [6.07, 6.45) is 0. The molecule has 0 atom stereocenters. The molecular formula is C11H9ClO4. The van der Waals surface area contributed by atoms with Crippen LogP contribution < -0.4 is 4.74 Å². The van der Waals surface area contributed by atoms with Gasteiger partial charge in [0.1, 0.15) is 11.3 Å². The van der Waals surface area contributed by atoms with Gasteiger partial charge in [-0.15, -0.1) is 0 Å². The molecule has 5 heteroatoms. The number of hydrogen-bond acceptors (Lipinski definition) is 3. The number of ketones is 1. The molecule has 84 valence electrons. The minimum absolute atomic E-state index is 0.124. The summed E-state index contributed by atoms with van der Waals surface area (Å²) in [4.78, 5) is 22.3. The lowest BCUT2D eigenvalue weighted by atomic mass is 10.0. The van der Waals surface area contributed by atoms with E-state index in [4.69, 9.17) is 21.4 Å². The third-order valence-electron chi connectivity index (χ3n) is 1.94. The highest BCUT2D eigenvalue weighted by molar-refractivity contribution is 6.31. The van der Waals surface area contributed by atoms with Crippen molar-refractivity contribution in [1.29, 1.82) is 0 Å². The normalized spacial score (nSPS) is 9.62. The van der Waals surface area contributed by atoms with Crippen LogP contribution in [-0.4, -0.2) is 24.0 Å². The molecular weight excluding hydrogens is 232 g/mol. The lowest BCUT2D eigenvalue weighted by molar-refractivity contribution is -0.132. The van der Waals surface area contributed by atoms with Gasteiger partial charge < -0.3 is 9.84 Å². The fourth-order valence-corrected chi connectivity index (χ4v) is 1.27. The van der Waals surface area contributed by atoms with Crippen molar-refractivity contribution >= 4 is 23.4 Å². The molecule has 1 aromatic rings. The summed E-state index contributed by atoms with van der Waals surface area (Å²) < 4.78 is 4.94. The highest BCUT2D eigenvalue weighted by atomic mass is 35.5. The van der Waals surface area contributed by atoms with Gasteiger partial charge in [0.15, 0.2) is 0 Å². The molecule has 1 rings (SSSR count). The van der Waals surface area contributed by atoms with Crippen molar-refractivity contribution in [3.05, 3.63) is 40.9 Å². The molecule has 0 heterocycles. The zero-order chi connectivity index (χ0) is 12.3. The van der Waals surface area contributed by atoms with Crippen molar-refractivity contribution in [3.8, 4) is 5.75 Å². The van der Waals surface area contributed by atoms with Crippen LogP contribution in [0.15, 0.2) is 30.4 Å². The molecule has 1 N–H and O–H groups in total. The minimum atomic E-state index is -1.36. The van der Waals surface area contributed by atoms with E-state index in [0.717, 1.165) is 0 Å². The number of methoxy groups -OCH3 is 1. The van der Waals surface area contributed by atoms with E-state index in [2.05, 4.69) is 6.58 Å². The number of carbonyl (C=O) groups excluding carboxylic acids is 1. The Morgan fingerprint density at radius 2 is 2.06 bits per heavy atom. The van der Waals surface area contributed by atoms with E-state index in [1.54, 1.807) is 0 Å². The number of ether oxygens (including phenoxy) is 1. The van der Waals surface area contributed by atoms with Crippen LogP contribution in [0.2, 0.25) is 5.02 Å². The van der Waals surface area contributed by atoms with Gasteiger partial charge in [0.2, 0.25) is 5.78 Å². The quantitative estimate of drug-likeness (QED) is 0.379. The number of rotatable bonds is 4. The van der Waals surface area contributed by atoms with Gasteiger partial charge in [0, 0.05) is 5.02 Å². The van der Waals surface area contributed by atoms with Crippen LogP contribution >= 0.6 is 11.6 Å². The fourth-order valence-electron chi connectivity index (χ4n) is 1.11. The molecule has 0 saturated heterocycles. The van der Waals surface area contributed by atoms with Crippen LogP contribution in [-0.2, 0) is 4.79 Å². The van der Waals surface area contributed by atoms with Crippen LogP contribution in [0, 0.1) is 0 Å². The monoisotopic (exact) mass is 240 g/mol. The standard InChI is InChI=1S/C11H9ClO4/c1-6(11(14)15)10(13)8-4-3-7(12)5-9(8)16-2/h3-5H,1H2,2H3,(H,14,15). The summed E-state index contributed by atoms with van der Waals surface area (Å²) in [6, 6.07) is 4.31. The Kier molecular flexibility index (Phi) is 3.68. The summed E-state index contributed by atoms with van der Waals surface area (Å²) >= 11 is 5.71. The lowest BCUT2D eigenvalue weighted by Crippen LogP contribution is -2.12. The highest BCUT2D eigenvalue weighted by Gasteiger charge is 2.20. The predicted molar refractivity (Wildman–Crippen MR) is 59.1 cm³/mol. The summed E-state index contributed by atoms with van der Waals surface area (Å²) in [5.41, 5.74) is -0.389. The molecule has 0 fully saturated rings. The summed E-state index contributed by atoms with van der Waals surface area (Å²) in [7, 11) is 1.37. The van der Waals surface area contributed by atoms with Crippen LogP contribution in [0.4, 0.5) is 0 Å². The Morgan fingerprint density at radius 1 is 1.44 bits per heavy atom. The van der Waals surface area contributed by atoms with Crippen molar-refractivity contribution in [3.63, 3.8) is 0 Å². The van der Waals surface area contributed by atoms with E-state index in [0.29, 0.717) is 5.02 Å². The van der Waals surface area contributed by atoms with E-state index in [1.165, 1.54) is 25.3 Å². The van der Waals surface area contributed by atoms with Crippen LogP contribution in [0.3, 0.4) is 0 Å². The van der Waals surface area contributed by atoms with Crippen molar-refractivity contribution in [2.24, 2.45) is 0 Å². The third kappa shape index (κ3) is 2.41. The Labute approximate surface area is 97.1 Å². The zero-order valence-corrected chi connectivity index (χ0v) is 9.25. The third-order valence-corrected chi connectivity index (χ3v) is 2.18. The fraction of sp³-hybridized carbons (Fsp3) is 0.0909. The molecule has 1 aromatic carbocycles. The number of carboxylic acid groups (broad SMARTS) is 1. The van der Waals surface area contributed by atoms with Gasteiger partial charge in [-0.1, -0.05) is 18.2 Å². The smallest absolute Gasteiger partial charge is 0.339 e. The second-order valence-corrected chi connectivity index (χ2v) is 3.39. The number of halogens is 1. The Bertz CT molecular complexity index is 465. The van der Waals surface area contributed by atoms with Crippen LogP contribution in [0.1, 0.15) is 10.4 Å². The average molecular weight is 241 g/mol. The molecule has 0 aromatic heterocycles. The topological polar surface area (TPSA) is 63.6 Å². The molecule has 0 saturated carbocycles. The van der Waals surface area contributed by atoms with Gasteiger partial charge in [-0.25, -0.2) is 4.79 Å². The van der Waals surface area contributed by atoms with Gasteiger partial charge in [0.05, 0.1) is 12.7 Å². The summed E-state index contributed by atoms with van der Waals surface area (Å²) in [5.74, 6) is -1.83. The second kappa shape index (κ2) is 4.81. The maximum atomic E-state index is 11.7. The summed E-state index contributed by atoms with van der Waals surface area (Å²) in [6.45, 7) is 3.19. The van der Waals surface area contributed by atoms with Gasteiger partial charge in [-0.2, -0.15) is 0 Å². The molecule has 0 amide bonds. The first-order valence-electron chi connectivity index (χ1n) is 4.27. The van der Waals surface area contributed by atoms with Gasteiger partial charge in [0.25, 0.3) is 0 Å². The average Bonchev–Trinajstić information content (AvgIpc) is 2.26. The van der Waals surface area contributed by atoms with Crippen molar-refractivity contribution in [1.82, 2.24) is 0 Å². The molecule has 0 bridgehead atoms. The number of hydrogen-bond donors (Lipinski definition) is 1. The Morgan fingerprint density at radius 3 is 2.56 bits per heavy atom. The van der Waals surface area contributed by atoms with E-state index in [-0.39, 0.29) is 11.3 Å². The first-order chi connectivity index (χ1) is 7.47. The van der Waals surface area contributed by atoms with Gasteiger partial charge >= 0.3 is 5.97 Å². The van der Waals surface area contributed by atoms with E-state index in [1.807, 2.05) is 0 Å². The van der Waals surface area contributed by atoms with E-state index < -0.39 is 17.3 Å². The second-order valence-electron chi connectivity index (χ2n) is 2.96. The molecule has 0 spiro atoms. The molecule has 4 nitrogen and oxygen atoms in total. The maximum Gasteiger partial charge on any atom is 0.339 e. The number of carboxylic acids is 1. The molecule has 0 unspecified atom stereocenters. The van der Waals surface area contributed by atoms with Crippen LogP contribution in [0.5, 0.6) is 5.75 Å². The predicted octanol–water partition coefficient (Wildman–Crippen LogP) is 2.17. The van der Waals surface area contributed by atoms with Gasteiger partial charge in [-0.3, -0.25) is 4.79 Å². The van der Waals surface area contributed by atoms with E-state index >= 15 is 0 Å². The van der Waals surface area contributed by atoms with E-state index in [9.17, 15) is 9.59 Å². The largest absolute Gasteiger partial charge is 0.496 e. The minimum Gasteiger partial charge on any atom is -0.496 e. The first-order valence-corrected chi connectivity index (χ1v) is 4.65. The first kappa shape index (κ1) is 12.3. The SMILES string of the molecule is C=C(C(=O)O)C(=O)c1ccc(Cl)cc1OC.